The van der Waals surface area contributed by atoms with Gasteiger partial charge in [-0.1, -0.05) is 36.2 Å². The molecular formula is C25H30N4O3S. The lowest BCUT2D eigenvalue weighted by atomic mass is 10.1. The van der Waals surface area contributed by atoms with Crippen LogP contribution in [0.4, 0.5) is 5.69 Å². The quantitative estimate of drug-likeness (QED) is 0.693. The molecule has 0 unspecified atom stereocenters. The second-order valence-corrected chi connectivity index (χ2v) is 10.8. The van der Waals surface area contributed by atoms with Crippen molar-refractivity contribution >= 4 is 27.5 Å². The van der Waals surface area contributed by atoms with Gasteiger partial charge in [-0.05, 0) is 43.5 Å². The molecule has 0 bridgehead atoms. The Kier molecular flexibility index (Phi) is 5.97. The van der Waals surface area contributed by atoms with Crippen LogP contribution in [-0.4, -0.2) is 62.7 Å². The topological polar surface area (TPSA) is 73.3 Å². The Balaban J connectivity index is 1.30. The molecule has 174 valence electrons. The van der Waals surface area contributed by atoms with Gasteiger partial charge in [0.25, 0.3) is 15.9 Å². The summed E-state index contributed by atoms with van der Waals surface area (Å²) in [5.41, 5.74) is 3.60. The van der Waals surface area contributed by atoms with Crippen molar-refractivity contribution in [1.82, 2.24) is 9.80 Å². The second-order valence-electron chi connectivity index (χ2n) is 9.18. The van der Waals surface area contributed by atoms with Crippen LogP contribution in [0.1, 0.15) is 47.2 Å². The van der Waals surface area contributed by atoms with Crippen LogP contribution >= 0.6 is 0 Å². The smallest absolute Gasteiger partial charge is 0.286 e. The molecule has 3 aliphatic rings. The first-order valence-electron chi connectivity index (χ1n) is 11.7. The van der Waals surface area contributed by atoms with Crippen LogP contribution in [0.15, 0.2) is 51.8 Å². The van der Waals surface area contributed by atoms with E-state index in [2.05, 4.69) is 40.5 Å². The minimum Gasteiger partial charge on any atom is -0.336 e. The zero-order valence-corrected chi connectivity index (χ0v) is 19.9. The minimum absolute atomic E-state index is 0.117. The lowest BCUT2D eigenvalue weighted by Gasteiger charge is -2.35. The summed E-state index contributed by atoms with van der Waals surface area (Å²) in [5, 5.41) is 0. The highest BCUT2D eigenvalue weighted by molar-refractivity contribution is 7.90. The summed E-state index contributed by atoms with van der Waals surface area (Å²) < 4.78 is 29.9. The van der Waals surface area contributed by atoms with Crippen molar-refractivity contribution in [1.29, 1.82) is 0 Å². The fourth-order valence-corrected chi connectivity index (χ4v) is 6.26. The van der Waals surface area contributed by atoms with Crippen molar-refractivity contribution < 1.29 is 13.2 Å². The third-order valence-electron chi connectivity index (χ3n) is 6.74. The molecule has 5 rings (SSSR count). The molecule has 33 heavy (non-hydrogen) atoms. The Morgan fingerprint density at radius 2 is 1.79 bits per heavy atom. The molecule has 0 atom stereocenters. The number of rotatable bonds is 3. The van der Waals surface area contributed by atoms with Gasteiger partial charge in [0, 0.05) is 51.3 Å². The number of carbonyl (C=O) groups is 1. The predicted octanol–water partition coefficient (Wildman–Crippen LogP) is 3.43. The molecular weight excluding hydrogens is 436 g/mol. The highest BCUT2D eigenvalue weighted by Crippen LogP contribution is 2.35. The fourth-order valence-electron chi connectivity index (χ4n) is 4.97. The van der Waals surface area contributed by atoms with Crippen molar-refractivity contribution in [2.45, 2.75) is 44.0 Å². The maximum Gasteiger partial charge on any atom is 0.286 e. The number of piperazine rings is 1. The summed E-state index contributed by atoms with van der Waals surface area (Å²) in [6.45, 7) is 6.58. The van der Waals surface area contributed by atoms with E-state index in [1.165, 1.54) is 17.2 Å². The zero-order chi connectivity index (χ0) is 23.0. The van der Waals surface area contributed by atoms with E-state index in [1.54, 1.807) is 12.1 Å². The van der Waals surface area contributed by atoms with Gasteiger partial charge in [-0.2, -0.15) is 8.42 Å². The van der Waals surface area contributed by atoms with E-state index in [-0.39, 0.29) is 10.8 Å². The molecule has 2 fully saturated rings. The van der Waals surface area contributed by atoms with Crippen molar-refractivity contribution in [2.24, 2.45) is 4.40 Å². The summed E-state index contributed by atoms with van der Waals surface area (Å²) in [7, 11) is -3.79. The molecule has 2 saturated heterocycles. The molecule has 7 nitrogen and oxygen atoms in total. The maximum atomic E-state index is 13.2. The van der Waals surface area contributed by atoms with E-state index >= 15 is 0 Å². The van der Waals surface area contributed by atoms with Crippen LogP contribution in [0, 0.1) is 6.92 Å². The molecule has 8 heteroatoms. The largest absolute Gasteiger partial charge is 0.336 e. The fraction of sp³-hybridized carbons (Fsp3) is 0.440. The summed E-state index contributed by atoms with van der Waals surface area (Å²) in [6.07, 6.45) is 3.70. The third-order valence-corrected chi connectivity index (χ3v) is 8.08. The van der Waals surface area contributed by atoms with Crippen molar-refractivity contribution in [3.63, 3.8) is 0 Å². The number of sulfonamides is 1. The molecule has 3 heterocycles. The average Bonchev–Trinajstić information content (AvgIpc) is 3.04. The molecule has 0 spiro atoms. The van der Waals surface area contributed by atoms with Crippen molar-refractivity contribution in [3.05, 3.63) is 59.2 Å². The van der Waals surface area contributed by atoms with Crippen molar-refractivity contribution in [3.8, 4) is 0 Å². The van der Waals surface area contributed by atoms with Crippen LogP contribution < -0.4 is 4.90 Å². The number of aryl methyl sites for hydroxylation is 1. The Morgan fingerprint density at radius 1 is 0.970 bits per heavy atom. The lowest BCUT2D eigenvalue weighted by molar-refractivity contribution is 0.0628. The number of amides is 1. The summed E-state index contributed by atoms with van der Waals surface area (Å²) >= 11 is 0. The Bertz CT molecular complexity index is 1200. The summed E-state index contributed by atoms with van der Waals surface area (Å²) in [4.78, 5) is 19.5. The van der Waals surface area contributed by atoms with Gasteiger partial charge in [-0.15, -0.1) is 4.40 Å². The predicted molar refractivity (Wildman–Crippen MR) is 129 cm³/mol. The zero-order valence-electron chi connectivity index (χ0n) is 19.0. The molecule has 2 aromatic rings. The number of anilines is 1. The number of fused-ring (bicyclic) bond motifs is 3. The number of carbonyl (C=O) groups excluding carboxylic acids is 1. The minimum atomic E-state index is -3.79. The van der Waals surface area contributed by atoms with Gasteiger partial charge in [-0.25, -0.2) is 0 Å². The van der Waals surface area contributed by atoms with Crippen LogP contribution in [0.25, 0.3) is 0 Å². The normalized spacial score (nSPS) is 20.5. The molecule has 0 radical (unpaired) electrons. The van der Waals surface area contributed by atoms with Gasteiger partial charge < -0.3 is 9.80 Å². The van der Waals surface area contributed by atoms with Crippen LogP contribution in [0.3, 0.4) is 0 Å². The van der Waals surface area contributed by atoms with E-state index < -0.39 is 10.0 Å². The van der Waals surface area contributed by atoms with E-state index in [0.29, 0.717) is 36.6 Å². The van der Waals surface area contributed by atoms with E-state index in [4.69, 9.17) is 0 Å². The highest BCUT2D eigenvalue weighted by atomic mass is 32.2. The number of hydrogen-bond donors (Lipinski definition) is 0. The van der Waals surface area contributed by atoms with Gasteiger partial charge in [0.2, 0.25) is 0 Å². The Hall–Kier alpha value is -2.71. The molecule has 3 aliphatic heterocycles. The van der Waals surface area contributed by atoms with Crippen LogP contribution in [0.5, 0.6) is 0 Å². The first-order valence-corrected chi connectivity index (χ1v) is 13.2. The second kappa shape index (κ2) is 8.91. The van der Waals surface area contributed by atoms with E-state index in [1.807, 2.05) is 9.80 Å². The first-order chi connectivity index (χ1) is 15.9. The van der Waals surface area contributed by atoms with Gasteiger partial charge in [-0.3, -0.25) is 9.69 Å². The number of amidine groups is 1. The number of hydrogen-bond acceptors (Lipinski definition) is 5. The molecule has 0 aliphatic carbocycles. The molecule has 2 aromatic carbocycles. The summed E-state index contributed by atoms with van der Waals surface area (Å²) in [6, 6.07) is 13.6. The number of benzene rings is 2. The molecule has 0 aromatic heterocycles. The highest BCUT2D eigenvalue weighted by Gasteiger charge is 2.33. The Labute approximate surface area is 195 Å². The standard InChI is InChI=1S/C25H30N4O3S/c1-19-6-5-7-20(16-19)18-27-12-14-28(15-13-27)25(30)21-9-10-22-23(17-21)33(31,32)26-24-8-3-2-4-11-29(22)24/h5-7,9-10,16-17H,2-4,8,11-15,18H2,1H3. The number of nitrogens with zero attached hydrogens (tertiary/aromatic N) is 4. The summed E-state index contributed by atoms with van der Waals surface area (Å²) in [5.74, 6) is 0.512. The molecule has 1 amide bonds. The molecule has 0 N–H and O–H groups in total. The maximum absolute atomic E-state index is 13.2. The van der Waals surface area contributed by atoms with E-state index in [0.717, 1.165) is 45.4 Å². The van der Waals surface area contributed by atoms with Gasteiger partial charge in [0.05, 0.1) is 5.69 Å². The van der Waals surface area contributed by atoms with Gasteiger partial charge >= 0.3 is 0 Å². The monoisotopic (exact) mass is 466 g/mol. The third kappa shape index (κ3) is 4.54. The van der Waals surface area contributed by atoms with Gasteiger partial charge in [0.1, 0.15) is 10.7 Å². The average molecular weight is 467 g/mol. The lowest BCUT2D eigenvalue weighted by Crippen LogP contribution is -2.48. The van der Waals surface area contributed by atoms with Crippen molar-refractivity contribution in [2.75, 3.05) is 37.6 Å². The first kappa shape index (κ1) is 22.1. The van der Waals surface area contributed by atoms with Gasteiger partial charge in [0.15, 0.2) is 0 Å². The van der Waals surface area contributed by atoms with Crippen LogP contribution in [-0.2, 0) is 16.6 Å². The molecule has 0 saturated carbocycles. The van der Waals surface area contributed by atoms with E-state index in [9.17, 15) is 13.2 Å². The van der Waals surface area contributed by atoms with Crippen LogP contribution in [0.2, 0.25) is 0 Å². The Morgan fingerprint density at radius 3 is 2.58 bits per heavy atom. The SMILES string of the molecule is Cc1cccc(CN2CCN(C(=O)c3ccc4c(c3)S(=O)(=O)N=C3CCCCCN34)CC2)c1.